The maximum absolute atomic E-state index is 13.1. The summed E-state index contributed by atoms with van der Waals surface area (Å²) in [4.78, 5) is 30.0. The molecule has 0 aliphatic rings. The lowest BCUT2D eigenvalue weighted by atomic mass is 10.3. The minimum Gasteiger partial charge on any atom is -0.440 e. The summed E-state index contributed by atoms with van der Waals surface area (Å²) in [5.74, 6) is -2.13. The summed E-state index contributed by atoms with van der Waals surface area (Å²) in [6.45, 7) is 1.24. The van der Waals surface area contributed by atoms with Crippen LogP contribution in [0, 0.1) is 0 Å². The van der Waals surface area contributed by atoms with Crippen molar-refractivity contribution in [3.05, 3.63) is 29.3 Å². The first-order valence-corrected chi connectivity index (χ1v) is 7.04. The quantitative estimate of drug-likeness (QED) is 0.857. The zero-order chi connectivity index (χ0) is 17.2. The Hall–Kier alpha value is -2.43. The third-order valence-electron chi connectivity index (χ3n) is 2.61. The first kappa shape index (κ1) is 16.9. The standard InChI is InChI=1S/C12H11F3N4O3S/c1-6(20)17-11-18-7(5-23-11)10(21)22-8(12(13,14)15)9-16-3-4-19(9)2/h3-5,8H,1-2H3,(H,17,18,20). The van der Waals surface area contributed by atoms with E-state index >= 15 is 0 Å². The summed E-state index contributed by atoms with van der Waals surface area (Å²) < 4.78 is 45.0. The number of nitrogens with zero attached hydrogens (tertiary/aromatic N) is 3. The van der Waals surface area contributed by atoms with Crippen molar-refractivity contribution in [1.82, 2.24) is 14.5 Å². The summed E-state index contributed by atoms with van der Waals surface area (Å²) in [5.41, 5.74) is -0.331. The highest BCUT2D eigenvalue weighted by molar-refractivity contribution is 7.14. The Kier molecular flexibility index (Phi) is 4.68. The number of anilines is 1. The number of halogens is 3. The summed E-state index contributed by atoms with van der Waals surface area (Å²) in [6, 6.07) is 0. The average molecular weight is 348 g/mol. The van der Waals surface area contributed by atoms with Crippen LogP contribution in [-0.2, 0) is 16.6 Å². The Balaban J connectivity index is 2.20. The van der Waals surface area contributed by atoms with Gasteiger partial charge in [0.05, 0.1) is 0 Å². The molecule has 2 heterocycles. The van der Waals surface area contributed by atoms with E-state index in [1.807, 2.05) is 0 Å². The van der Waals surface area contributed by atoms with Crippen molar-refractivity contribution in [3.8, 4) is 0 Å². The smallest absolute Gasteiger partial charge is 0.432 e. The Morgan fingerprint density at radius 3 is 2.65 bits per heavy atom. The lowest BCUT2D eigenvalue weighted by molar-refractivity contribution is -0.210. The van der Waals surface area contributed by atoms with Crippen LogP contribution in [0.1, 0.15) is 29.3 Å². The molecule has 1 unspecified atom stereocenters. The summed E-state index contributed by atoms with van der Waals surface area (Å²) in [6.07, 6.45) is -4.87. The monoisotopic (exact) mass is 348 g/mol. The summed E-state index contributed by atoms with van der Waals surface area (Å²) in [5, 5.41) is 3.60. The van der Waals surface area contributed by atoms with Gasteiger partial charge in [-0.15, -0.1) is 11.3 Å². The van der Waals surface area contributed by atoms with E-state index in [0.29, 0.717) is 0 Å². The van der Waals surface area contributed by atoms with Gasteiger partial charge in [-0.1, -0.05) is 0 Å². The van der Waals surface area contributed by atoms with Crippen molar-refractivity contribution in [2.24, 2.45) is 7.05 Å². The SMILES string of the molecule is CC(=O)Nc1nc(C(=O)OC(c2nccn2C)C(F)(F)F)cs1. The number of carbonyl (C=O) groups is 2. The molecule has 0 radical (unpaired) electrons. The second-order valence-electron chi connectivity index (χ2n) is 4.44. The molecule has 0 fully saturated rings. The van der Waals surface area contributed by atoms with Gasteiger partial charge >= 0.3 is 12.1 Å². The first-order chi connectivity index (χ1) is 10.7. The Morgan fingerprint density at radius 2 is 2.13 bits per heavy atom. The van der Waals surface area contributed by atoms with Crippen molar-refractivity contribution in [2.45, 2.75) is 19.2 Å². The Morgan fingerprint density at radius 1 is 1.43 bits per heavy atom. The predicted molar refractivity (Wildman–Crippen MR) is 73.8 cm³/mol. The van der Waals surface area contributed by atoms with Gasteiger partial charge in [0.1, 0.15) is 0 Å². The van der Waals surface area contributed by atoms with E-state index < -0.39 is 30.0 Å². The van der Waals surface area contributed by atoms with Gasteiger partial charge in [-0.05, 0) is 0 Å². The molecular weight excluding hydrogens is 337 g/mol. The molecule has 0 bridgehead atoms. The molecule has 2 aromatic heterocycles. The highest BCUT2D eigenvalue weighted by atomic mass is 32.1. The molecule has 0 saturated carbocycles. The number of esters is 1. The lowest BCUT2D eigenvalue weighted by Crippen LogP contribution is -2.28. The molecule has 7 nitrogen and oxygen atoms in total. The van der Waals surface area contributed by atoms with E-state index in [1.54, 1.807) is 0 Å². The number of aryl methyl sites for hydroxylation is 1. The van der Waals surface area contributed by atoms with Crippen molar-refractivity contribution in [1.29, 1.82) is 0 Å². The maximum Gasteiger partial charge on any atom is 0.432 e. The summed E-state index contributed by atoms with van der Waals surface area (Å²) in [7, 11) is 1.35. The van der Waals surface area contributed by atoms with Crippen LogP contribution >= 0.6 is 11.3 Å². The minimum absolute atomic E-state index is 0.0880. The second-order valence-corrected chi connectivity index (χ2v) is 5.30. The van der Waals surface area contributed by atoms with E-state index in [-0.39, 0.29) is 10.8 Å². The van der Waals surface area contributed by atoms with Crippen molar-refractivity contribution in [2.75, 3.05) is 5.32 Å². The van der Waals surface area contributed by atoms with Crippen LogP contribution in [-0.4, -0.2) is 32.6 Å². The van der Waals surface area contributed by atoms with Crippen LogP contribution in [0.5, 0.6) is 0 Å². The fraction of sp³-hybridized carbons (Fsp3) is 0.333. The molecule has 0 spiro atoms. The Bertz CT molecular complexity index is 725. The molecule has 11 heteroatoms. The highest BCUT2D eigenvalue weighted by Crippen LogP contribution is 2.35. The van der Waals surface area contributed by atoms with Crippen LogP contribution < -0.4 is 5.32 Å². The zero-order valence-electron chi connectivity index (χ0n) is 11.9. The van der Waals surface area contributed by atoms with Crippen LogP contribution in [0.15, 0.2) is 17.8 Å². The van der Waals surface area contributed by atoms with E-state index in [0.717, 1.165) is 15.9 Å². The second kappa shape index (κ2) is 6.36. The molecule has 23 heavy (non-hydrogen) atoms. The van der Waals surface area contributed by atoms with Crippen LogP contribution in [0.2, 0.25) is 0 Å². The van der Waals surface area contributed by atoms with E-state index in [9.17, 15) is 22.8 Å². The molecule has 1 N–H and O–H groups in total. The van der Waals surface area contributed by atoms with Gasteiger partial charge in [0.15, 0.2) is 16.6 Å². The molecule has 0 aliphatic carbocycles. The molecule has 124 valence electrons. The average Bonchev–Trinajstić information content (AvgIpc) is 3.03. The zero-order valence-corrected chi connectivity index (χ0v) is 12.7. The van der Waals surface area contributed by atoms with Gasteiger partial charge < -0.3 is 14.6 Å². The number of carbonyl (C=O) groups excluding carboxylic acids is 2. The van der Waals surface area contributed by atoms with Crippen molar-refractivity contribution >= 4 is 28.3 Å². The molecule has 1 amide bonds. The molecule has 0 saturated heterocycles. The molecule has 0 aliphatic heterocycles. The van der Waals surface area contributed by atoms with Gasteiger partial charge in [-0.25, -0.2) is 14.8 Å². The van der Waals surface area contributed by atoms with Gasteiger partial charge in [0.2, 0.25) is 5.91 Å². The fourth-order valence-corrected chi connectivity index (χ4v) is 2.36. The van der Waals surface area contributed by atoms with Gasteiger partial charge in [-0.3, -0.25) is 4.79 Å². The number of rotatable bonds is 4. The number of alkyl halides is 3. The Labute approximate surface area is 132 Å². The first-order valence-electron chi connectivity index (χ1n) is 6.16. The van der Waals surface area contributed by atoms with Crippen molar-refractivity contribution < 1.29 is 27.5 Å². The van der Waals surface area contributed by atoms with E-state index in [1.165, 1.54) is 31.7 Å². The predicted octanol–water partition coefficient (Wildman–Crippen LogP) is 2.30. The third kappa shape index (κ3) is 4.06. The van der Waals surface area contributed by atoms with Gasteiger partial charge in [0.25, 0.3) is 6.10 Å². The van der Waals surface area contributed by atoms with Crippen LogP contribution in [0.25, 0.3) is 0 Å². The highest BCUT2D eigenvalue weighted by Gasteiger charge is 2.46. The van der Waals surface area contributed by atoms with Crippen LogP contribution in [0.3, 0.4) is 0 Å². The van der Waals surface area contributed by atoms with Gasteiger partial charge in [0, 0.05) is 31.7 Å². The number of hydrogen-bond acceptors (Lipinski definition) is 6. The fourth-order valence-electron chi connectivity index (χ4n) is 1.64. The van der Waals surface area contributed by atoms with Crippen LogP contribution in [0.4, 0.5) is 18.3 Å². The number of ether oxygens (including phenoxy) is 1. The lowest BCUT2D eigenvalue weighted by Gasteiger charge is -2.19. The largest absolute Gasteiger partial charge is 0.440 e. The van der Waals surface area contributed by atoms with E-state index in [2.05, 4.69) is 20.0 Å². The summed E-state index contributed by atoms with van der Waals surface area (Å²) >= 11 is 0.895. The number of imidazole rings is 1. The number of aromatic nitrogens is 3. The number of amides is 1. The molecule has 2 rings (SSSR count). The minimum atomic E-state index is -4.83. The molecule has 2 aromatic rings. The number of thiazole rings is 1. The molecule has 1 atom stereocenters. The van der Waals surface area contributed by atoms with E-state index in [4.69, 9.17) is 0 Å². The maximum atomic E-state index is 13.1. The topological polar surface area (TPSA) is 86.1 Å². The number of nitrogens with one attached hydrogen (secondary N) is 1. The molecular formula is C12H11F3N4O3S. The molecule has 0 aromatic carbocycles. The van der Waals surface area contributed by atoms with Gasteiger partial charge in [-0.2, -0.15) is 13.2 Å². The van der Waals surface area contributed by atoms with Crippen molar-refractivity contribution in [3.63, 3.8) is 0 Å². The number of hydrogen-bond donors (Lipinski definition) is 1. The normalized spacial score (nSPS) is 12.7. The third-order valence-corrected chi connectivity index (χ3v) is 3.37.